The summed E-state index contributed by atoms with van der Waals surface area (Å²) in [4.78, 5) is 10.7. The highest BCUT2D eigenvalue weighted by Crippen LogP contribution is 2.22. The fourth-order valence-electron chi connectivity index (χ4n) is 2.01. The maximum Gasteiger partial charge on any atom is 0.355 e. The lowest BCUT2D eigenvalue weighted by Gasteiger charge is -2.05. The topological polar surface area (TPSA) is 59.4 Å². The molecule has 1 aromatic heterocycles. The van der Waals surface area contributed by atoms with Crippen LogP contribution in [0.15, 0.2) is 60.7 Å². The van der Waals surface area contributed by atoms with Gasteiger partial charge in [-0.05, 0) is 16.7 Å². The molecule has 2 aromatic carbocycles. The van der Waals surface area contributed by atoms with Gasteiger partial charge in [-0.3, -0.25) is 0 Å². The molecule has 0 radical (unpaired) electrons. The van der Waals surface area contributed by atoms with Gasteiger partial charge in [-0.15, -0.1) is 0 Å². The highest BCUT2D eigenvalue weighted by atomic mass is 32.1. The van der Waals surface area contributed by atoms with E-state index in [1.165, 1.54) is 11.6 Å². The fourth-order valence-corrected chi connectivity index (χ4v) is 2.60. The third-order valence-electron chi connectivity index (χ3n) is 3.15. The van der Waals surface area contributed by atoms with E-state index in [0.717, 1.165) is 22.7 Å². The summed E-state index contributed by atoms with van der Waals surface area (Å²) < 4.78 is 9.36. The van der Waals surface area contributed by atoms with Crippen LogP contribution >= 0.6 is 11.5 Å². The van der Waals surface area contributed by atoms with E-state index in [-0.39, 0.29) is 5.69 Å². The van der Waals surface area contributed by atoms with Crippen LogP contribution in [0.5, 0.6) is 5.06 Å². The van der Waals surface area contributed by atoms with Crippen molar-refractivity contribution >= 4 is 17.5 Å². The molecule has 0 aliphatic heterocycles. The number of ether oxygens (including phenoxy) is 1. The lowest BCUT2D eigenvalue weighted by Crippen LogP contribution is -1.95. The molecule has 3 rings (SSSR count). The first kappa shape index (κ1) is 14.3. The zero-order valence-corrected chi connectivity index (χ0v) is 12.4. The number of carboxylic acids is 1. The summed E-state index contributed by atoms with van der Waals surface area (Å²) in [5.41, 5.74) is 3.35. The molecular formula is C17H13NO3S. The van der Waals surface area contributed by atoms with Crippen LogP contribution in [0.1, 0.15) is 16.1 Å². The van der Waals surface area contributed by atoms with Crippen LogP contribution in [0.25, 0.3) is 11.1 Å². The molecule has 0 saturated heterocycles. The van der Waals surface area contributed by atoms with Crippen LogP contribution in [-0.4, -0.2) is 15.4 Å². The molecule has 0 amide bonds. The lowest BCUT2D eigenvalue weighted by atomic mass is 10.0. The molecule has 0 spiro atoms. The summed E-state index contributed by atoms with van der Waals surface area (Å²) in [5.74, 6) is -1.04. The van der Waals surface area contributed by atoms with Crippen molar-refractivity contribution in [2.75, 3.05) is 0 Å². The minimum atomic E-state index is -1.04. The summed E-state index contributed by atoms with van der Waals surface area (Å²) in [6, 6.07) is 19.7. The highest BCUT2D eigenvalue weighted by Gasteiger charge is 2.09. The van der Waals surface area contributed by atoms with E-state index in [4.69, 9.17) is 9.84 Å². The molecule has 1 heterocycles. The number of hydrogen-bond donors (Lipinski definition) is 1. The standard InChI is InChI=1S/C17H13NO3S/c19-17(20)15-10-16(22-18-15)21-11-12-6-8-14(9-7-12)13-4-2-1-3-5-13/h1-10H,11H2,(H,19,20). The van der Waals surface area contributed by atoms with Crippen LogP contribution in [0.2, 0.25) is 0 Å². The van der Waals surface area contributed by atoms with Crippen LogP contribution in [0, 0.1) is 0 Å². The van der Waals surface area contributed by atoms with Gasteiger partial charge in [0.05, 0.1) is 0 Å². The predicted molar refractivity (Wildman–Crippen MR) is 85.3 cm³/mol. The Bertz CT molecular complexity index is 766. The van der Waals surface area contributed by atoms with Gasteiger partial charge in [-0.2, -0.15) is 4.37 Å². The molecule has 1 N–H and O–H groups in total. The normalized spacial score (nSPS) is 10.4. The number of aromatic nitrogens is 1. The Morgan fingerprint density at radius 2 is 1.73 bits per heavy atom. The highest BCUT2D eigenvalue weighted by molar-refractivity contribution is 7.07. The molecule has 3 aromatic rings. The van der Waals surface area contributed by atoms with Gasteiger partial charge in [0.2, 0.25) is 0 Å². The van der Waals surface area contributed by atoms with Gasteiger partial charge in [0.15, 0.2) is 10.8 Å². The second-order valence-corrected chi connectivity index (χ2v) is 5.46. The quantitative estimate of drug-likeness (QED) is 0.771. The maximum atomic E-state index is 10.7. The first-order valence-electron chi connectivity index (χ1n) is 6.69. The Labute approximate surface area is 131 Å². The van der Waals surface area contributed by atoms with Crippen LogP contribution in [-0.2, 0) is 6.61 Å². The van der Waals surface area contributed by atoms with Crippen molar-refractivity contribution in [3.05, 3.63) is 71.9 Å². The van der Waals surface area contributed by atoms with Crippen LogP contribution in [0.4, 0.5) is 0 Å². The number of nitrogens with zero attached hydrogens (tertiary/aromatic N) is 1. The molecule has 22 heavy (non-hydrogen) atoms. The Morgan fingerprint density at radius 1 is 1.05 bits per heavy atom. The number of carbonyl (C=O) groups is 1. The number of carboxylic acid groups (broad SMARTS) is 1. The first-order valence-corrected chi connectivity index (χ1v) is 7.47. The Morgan fingerprint density at radius 3 is 2.36 bits per heavy atom. The number of aromatic carboxylic acids is 1. The van der Waals surface area contributed by atoms with E-state index in [1.807, 2.05) is 42.5 Å². The summed E-state index contributed by atoms with van der Waals surface area (Å²) in [6.45, 7) is 0.385. The molecular weight excluding hydrogens is 298 g/mol. The number of benzene rings is 2. The van der Waals surface area contributed by atoms with E-state index < -0.39 is 5.97 Å². The van der Waals surface area contributed by atoms with Gasteiger partial charge in [-0.25, -0.2) is 4.79 Å². The number of hydrogen-bond acceptors (Lipinski definition) is 4. The second-order valence-electron chi connectivity index (χ2n) is 4.69. The minimum Gasteiger partial charge on any atom is -0.478 e. The van der Waals surface area contributed by atoms with E-state index in [9.17, 15) is 4.79 Å². The summed E-state index contributed by atoms with van der Waals surface area (Å²) in [7, 11) is 0. The largest absolute Gasteiger partial charge is 0.478 e. The van der Waals surface area contributed by atoms with Gasteiger partial charge in [-0.1, -0.05) is 54.6 Å². The lowest BCUT2D eigenvalue weighted by molar-refractivity contribution is 0.0691. The van der Waals surface area contributed by atoms with Crippen molar-refractivity contribution in [2.24, 2.45) is 0 Å². The van der Waals surface area contributed by atoms with Crippen molar-refractivity contribution in [2.45, 2.75) is 6.61 Å². The van der Waals surface area contributed by atoms with Crippen molar-refractivity contribution in [3.8, 4) is 16.2 Å². The van der Waals surface area contributed by atoms with Gasteiger partial charge >= 0.3 is 5.97 Å². The third-order valence-corrected chi connectivity index (χ3v) is 3.85. The molecule has 0 fully saturated rings. The zero-order chi connectivity index (χ0) is 15.4. The van der Waals surface area contributed by atoms with Crippen molar-refractivity contribution in [1.82, 2.24) is 4.37 Å². The Balaban J connectivity index is 1.65. The van der Waals surface area contributed by atoms with E-state index in [2.05, 4.69) is 16.5 Å². The molecule has 5 heteroatoms. The average molecular weight is 311 g/mol. The first-order chi connectivity index (χ1) is 10.7. The van der Waals surface area contributed by atoms with Gasteiger partial charge < -0.3 is 9.84 Å². The smallest absolute Gasteiger partial charge is 0.355 e. The molecule has 0 unspecified atom stereocenters. The third kappa shape index (κ3) is 3.32. The molecule has 110 valence electrons. The van der Waals surface area contributed by atoms with E-state index in [0.29, 0.717) is 11.7 Å². The molecule has 4 nitrogen and oxygen atoms in total. The summed E-state index contributed by atoms with van der Waals surface area (Å²) in [5, 5.41) is 9.31. The van der Waals surface area contributed by atoms with Crippen LogP contribution < -0.4 is 4.74 Å². The zero-order valence-electron chi connectivity index (χ0n) is 11.6. The van der Waals surface area contributed by atoms with Crippen molar-refractivity contribution in [1.29, 1.82) is 0 Å². The summed E-state index contributed by atoms with van der Waals surface area (Å²) >= 11 is 1.04. The van der Waals surface area contributed by atoms with Gasteiger partial charge in [0, 0.05) is 17.6 Å². The predicted octanol–water partition coefficient (Wildman–Crippen LogP) is 4.09. The van der Waals surface area contributed by atoms with Crippen molar-refractivity contribution in [3.63, 3.8) is 0 Å². The van der Waals surface area contributed by atoms with Gasteiger partial charge in [0.25, 0.3) is 0 Å². The van der Waals surface area contributed by atoms with E-state index >= 15 is 0 Å². The number of rotatable bonds is 5. The SMILES string of the molecule is O=C(O)c1cc(OCc2ccc(-c3ccccc3)cc2)sn1. The molecule has 0 aliphatic carbocycles. The monoisotopic (exact) mass is 311 g/mol. The van der Waals surface area contributed by atoms with Gasteiger partial charge in [0.1, 0.15) is 6.61 Å². The second kappa shape index (κ2) is 6.41. The van der Waals surface area contributed by atoms with Crippen molar-refractivity contribution < 1.29 is 14.6 Å². The molecule has 0 bridgehead atoms. The van der Waals surface area contributed by atoms with Crippen LogP contribution in [0.3, 0.4) is 0 Å². The Kier molecular flexibility index (Phi) is 4.16. The fraction of sp³-hybridized carbons (Fsp3) is 0.0588. The summed E-state index contributed by atoms with van der Waals surface area (Å²) in [6.07, 6.45) is 0. The molecule has 0 saturated carbocycles. The Hall–Kier alpha value is -2.66. The average Bonchev–Trinajstić information content (AvgIpc) is 3.04. The molecule has 0 atom stereocenters. The molecule has 0 aliphatic rings. The minimum absolute atomic E-state index is 0.0134. The van der Waals surface area contributed by atoms with E-state index in [1.54, 1.807) is 0 Å². The maximum absolute atomic E-state index is 10.7.